The number of nitrogens with one attached hydrogen (secondary N) is 1. The quantitative estimate of drug-likeness (QED) is 0.522. The lowest BCUT2D eigenvalue weighted by atomic mass is 9.93. The second kappa shape index (κ2) is 7.36. The van der Waals surface area contributed by atoms with E-state index in [1.54, 1.807) is 0 Å². The second-order valence-corrected chi connectivity index (χ2v) is 4.72. The Hall–Kier alpha value is -1.10. The highest BCUT2D eigenvalue weighted by Crippen LogP contribution is 2.18. The standard InChI is InChI=1S/C13H23NO4/c1-4-10(6-9(3)12(15)14-5-2)13(16)18-8-11-7-17-11/h9-11H,4-8H2,1-3H3,(H,14,15)/t9-,10+,11?/m0/s1. The molecule has 1 amide bonds. The molecule has 0 aliphatic carbocycles. The SMILES string of the molecule is CCNC(=O)[C@@H](C)C[C@@H](CC)C(=O)OCC1CO1. The zero-order valence-corrected chi connectivity index (χ0v) is 11.4. The zero-order valence-electron chi connectivity index (χ0n) is 11.4. The summed E-state index contributed by atoms with van der Waals surface area (Å²) in [5.41, 5.74) is 0. The van der Waals surface area contributed by atoms with Gasteiger partial charge in [-0.1, -0.05) is 13.8 Å². The molecule has 1 unspecified atom stereocenters. The molecular weight excluding hydrogens is 234 g/mol. The molecule has 0 aromatic heterocycles. The van der Waals surface area contributed by atoms with Crippen molar-refractivity contribution in [1.82, 2.24) is 5.32 Å². The third kappa shape index (κ3) is 5.04. The van der Waals surface area contributed by atoms with Gasteiger partial charge in [0.05, 0.1) is 12.5 Å². The normalized spacial score (nSPS) is 20.9. The second-order valence-electron chi connectivity index (χ2n) is 4.72. The van der Waals surface area contributed by atoms with Crippen molar-refractivity contribution in [2.45, 2.75) is 39.7 Å². The highest BCUT2D eigenvalue weighted by Gasteiger charge is 2.28. The predicted octanol–water partition coefficient (Wildman–Crippen LogP) is 1.12. The molecule has 0 spiro atoms. The van der Waals surface area contributed by atoms with Gasteiger partial charge in [0.25, 0.3) is 0 Å². The Balaban J connectivity index is 2.33. The van der Waals surface area contributed by atoms with Crippen LogP contribution in [0.4, 0.5) is 0 Å². The summed E-state index contributed by atoms with van der Waals surface area (Å²) in [6.07, 6.45) is 1.31. The minimum absolute atomic E-state index is 0.00530. The molecule has 1 rings (SSSR count). The number of amides is 1. The first-order valence-corrected chi connectivity index (χ1v) is 6.64. The molecule has 5 heteroatoms. The maximum atomic E-state index is 11.8. The molecule has 3 atom stereocenters. The van der Waals surface area contributed by atoms with Gasteiger partial charge in [0.2, 0.25) is 5.91 Å². The molecule has 1 aliphatic rings. The van der Waals surface area contributed by atoms with E-state index >= 15 is 0 Å². The van der Waals surface area contributed by atoms with E-state index in [-0.39, 0.29) is 29.8 Å². The number of esters is 1. The van der Waals surface area contributed by atoms with Crippen LogP contribution in [-0.4, -0.2) is 37.7 Å². The summed E-state index contributed by atoms with van der Waals surface area (Å²) < 4.78 is 10.1. The van der Waals surface area contributed by atoms with E-state index in [0.29, 0.717) is 32.6 Å². The summed E-state index contributed by atoms with van der Waals surface area (Å²) >= 11 is 0. The Kier molecular flexibility index (Phi) is 6.12. The van der Waals surface area contributed by atoms with Gasteiger partial charge in [0.1, 0.15) is 12.7 Å². The van der Waals surface area contributed by atoms with Crippen molar-refractivity contribution < 1.29 is 19.1 Å². The highest BCUT2D eigenvalue weighted by molar-refractivity contribution is 5.79. The molecule has 104 valence electrons. The van der Waals surface area contributed by atoms with Crippen LogP contribution in [0.1, 0.15) is 33.6 Å². The first kappa shape index (κ1) is 15.0. The van der Waals surface area contributed by atoms with Crippen LogP contribution in [0.2, 0.25) is 0 Å². The van der Waals surface area contributed by atoms with Crippen molar-refractivity contribution in [2.75, 3.05) is 19.8 Å². The molecule has 0 saturated carbocycles. The van der Waals surface area contributed by atoms with Gasteiger partial charge in [-0.25, -0.2) is 0 Å². The molecule has 1 aliphatic heterocycles. The smallest absolute Gasteiger partial charge is 0.309 e. The Labute approximate surface area is 108 Å². The zero-order chi connectivity index (χ0) is 13.5. The summed E-state index contributed by atoms with van der Waals surface area (Å²) in [5.74, 6) is -0.598. The molecule has 0 bridgehead atoms. The van der Waals surface area contributed by atoms with Gasteiger partial charge in [0.15, 0.2) is 0 Å². The minimum Gasteiger partial charge on any atom is -0.463 e. The summed E-state index contributed by atoms with van der Waals surface area (Å²) in [6.45, 7) is 7.29. The number of carbonyl (C=O) groups excluding carboxylic acids is 2. The van der Waals surface area contributed by atoms with Gasteiger partial charge in [-0.15, -0.1) is 0 Å². The summed E-state index contributed by atoms with van der Waals surface area (Å²) in [4.78, 5) is 23.4. The van der Waals surface area contributed by atoms with Gasteiger partial charge in [-0.3, -0.25) is 9.59 Å². The van der Waals surface area contributed by atoms with Crippen LogP contribution in [0, 0.1) is 11.8 Å². The van der Waals surface area contributed by atoms with Crippen LogP contribution in [0.15, 0.2) is 0 Å². The molecule has 1 N–H and O–H groups in total. The number of rotatable bonds is 8. The van der Waals surface area contributed by atoms with Crippen LogP contribution >= 0.6 is 0 Å². The lowest BCUT2D eigenvalue weighted by molar-refractivity contribution is -0.150. The third-order valence-electron chi connectivity index (χ3n) is 3.08. The first-order chi connectivity index (χ1) is 8.58. The van der Waals surface area contributed by atoms with E-state index in [4.69, 9.17) is 9.47 Å². The first-order valence-electron chi connectivity index (χ1n) is 6.64. The molecule has 5 nitrogen and oxygen atoms in total. The number of hydrogen-bond acceptors (Lipinski definition) is 4. The Morgan fingerprint density at radius 3 is 2.61 bits per heavy atom. The maximum Gasteiger partial charge on any atom is 0.309 e. The van der Waals surface area contributed by atoms with Crippen LogP contribution < -0.4 is 5.32 Å². The number of epoxide rings is 1. The number of ether oxygens (including phenoxy) is 2. The van der Waals surface area contributed by atoms with Crippen LogP contribution in [-0.2, 0) is 19.1 Å². The minimum atomic E-state index is -0.218. The lowest BCUT2D eigenvalue weighted by Gasteiger charge is -2.18. The van der Waals surface area contributed by atoms with Crippen LogP contribution in [0.25, 0.3) is 0 Å². The molecular formula is C13H23NO4. The molecule has 0 aromatic carbocycles. The Bertz CT molecular complexity index is 289. The predicted molar refractivity (Wildman–Crippen MR) is 66.9 cm³/mol. The highest BCUT2D eigenvalue weighted by atomic mass is 16.6. The van der Waals surface area contributed by atoms with Crippen molar-refractivity contribution >= 4 is 11.9 Å². The van der Waals surface area contributed by atoms with E-state index < -0.39 is 0 Å². The van der Waals surface area contributed by atoms with E-state index in [0.717, 1.165) is 0 Å². The van der Waals surface area contributed by atoms with Gasteiger partial charge >= 0.3 is 5.97 Å². The van der Waals surface area contributed by atoms with Gasteiger partial charge in [0, 0.05) is 12.5 Å². The average molecular weight is 257 g/mol. The molecule has 0 aromatic rings. The molecule has 0 radical (unpaired) electrons. The van der Waals surface area contributed by atoms with Gasteiger partial charge < -0.3 is 14.8 Å². The molecule has 1 saturated heterocycles. The van der Waals surface area contributed by atoms with Gasteiger partial charge in [-0.2, -0.15) is 0 Å². The van der Waals surface area contributed by atoms with Crippen molar-refractivity contribution in [1.29, 1.82) is 0 Å². The van der Waals surface area contributed by atoms with Crippen molar-refractivity contribution in [3.8, 4) is 0 Å². The molecule has 18 heavy (non-hydrogen) atoms. The number of carbonyl (C=O) groups is 2. The fourth-order valence-electron chi connectivity index (χ4n) is 1.77. The summed E-state index contributed by atoms with van der Waals surface area (Å²) in [6, 6.07) is 0. The maximum absolute atomic E-state index is 11.8. The fraction of sp³-hybridized carbons (Fsp3) is 0.846. The molecule has 1 fully saturated rings. The van der Waals surface area contributed by atoms with E-state index in [9.17, 15) is 9.59 Å². The monoisotopic (exact) mass is 257 g/mol. The largest absolute Gasteiger partial charge is 0.463 e. The Morgan fingerprint density at radius 2 is 2.11 bits per heavy atom. The fourth-order valence-corrected chi connectivity index (χ4v) is 1.77. The van der Waals surface area contributed by atoms with Crippen molar-refractivity contribution in [3.63, 3.8) is 0 Å². The number of hydrogen-bond donors (Lipinski definition) is 1. The summed E-state index contributed by atoms with van der Waals surface area (Å²) in [5, 5.41) is 2.76. The third-order valence-corrected chi connectivity index (χ3v) is 3.08. The van der Waals surface area contributed by atoms with Crippen LogP contribution in [0.3, 0.4) is 0 Å². The molecule has 1 heterocycles. The van der Waals surface area contributed by atoms with E-state index in [1.807, 2.05) is 20.8 Å². The van der Waals surface area contributed by atoms with Crippen molar-refractivity contribution in [3.05, 3.63) is 0 Å². The van der Waals surface area contributed by atoms with Crippen molar-refractivity contribution in [2.24, 2.45) is 11.8 Å². The van der Waals surface area contributed by atoms with E-state index in [2.05, 4.69) is 5.32 Å². The van der Waals surface area contributed by atoms with E-state index in [1.165, 1.54) is 0 Å². The lowest BCUT2D eigenvalue weighted by Crippen LogP contribution is -2.32. The van der Waals surface area contributed by atoms with Crippen LogP contribution in [0.5, 0.6) is 0 Å². The van der Waals surface area contributed by atoms with Gasteiger partial charge in [-0.05, 0) is 19.8 Å². The summed E-state index contributed by atoms with van der Waals surface area (Å²) in [7, 11) is 0. The average Bonchev–Trinajstić information content (AvgIpc) is 3.16. The topological polar surface area (TPSA) is 67.9 Å². The Morgan fingerprint density at radius 1 is 1.44 bits per heavy atom.